The molecule has 0 radical (unpaired) electrons. The average molecular weight is 346 g/mol. The molecule has 3 nitrogen and oxygen atoms in total. The van der Waals surface area contributed by atoms with Gasteiger partial charge < -0.3 is 10.2 Å². The van der Waals surface area contributed by atoms with Crippen molar-refractivity contribution in [2.24, 2.45) is 0 Å². The normalized spacial score (nSPS) is 12.1. The van der Waals surface area contributed by atoms with Gasteiger partial charge in [-0.3, -0.25) is 4.79 Å². The third kappa shape index (κ3) is 3.82. The highest BCUT2D eigenvalue weighted by molar-refractivity contribution is 6.42. The number of carboxylic acids is 1. The summed E-state index contributed by atoms with van der Waals surface area (Å²) in [6.45, 7) is 0. The van der Waals surface area contributed by atoms with Crippen molar-refractivity contribution in [2.75, 3.05) is 0 Å². The van der Waals surface area contributed by atoms with Crippen molar-refractivity contribution in [3.05, 3.63) is 62.6 Å². The molecule has 0 aliphatic heterocycles. The molecular weight excluding hydrogens is 335 g/mol. The van der Waals surface area contributed by atoms with E-state index in [-0.39, 0.29) is 17.2 Å². The molecule has 2 aromatic rings. The smallest absolute Gasteiger partial charge is 0.311 e. The minimum absolute atomic E-state index is 0.00529. The van der Waals surface area contributed by atoms with Crippen LogP contribution in [0.25, 0.3) is 0 Å². The molecule has 0 saturated carbocycles. The van der Waals surface area contributed by atoms with Crippen molar-refractivity contribution in [1.29, 1.82) is 0 Å². The van der Waals surface area contributed by atoms with Gasteiger partial charge in [0, 0.05) is 5.02 Å². The van der Waals surface area contributed by atoms with Crippen LogP contribution in [0.15, 0.2) is 36.4 Å². The lowest BCUT2D eigenvalue weighted by Gasteiger charge is -2.15. The number of aromatic hydroxyl groups is 1. The van der Waals surface area contributed by atoms with Gasteiger partial charge >= 0.3 is 5.97 Å². The van der Waals surface area contributed by atoms with E-state index in [1.165, 1.54) is 18.2 Å². The fourth-order valence-corrected chi connectivity index (χ4v) is 2.52. The van der Waals surface area contributed by atoms with Gasteiger partial charge in [0.1, 0.15) is 5.75 Å². The molecule has 0 amide bonds. The van der Waals surface area contributed by atoms with Gasteiger partial charge in [0.05, 0.1) is 16.0 Å². The monoisotopic (exact) mass is 344 g/mol. The van der Waals surface area contributed by atoms with Gasteiger partial charge in [-0.1, -0.05) is 40.9 Å². The van der Waals surface area contributed by atoms with Gasteiger partial charge in [-0.2, -0.15) is 0 Å². The van der Waals surface area contributed by atoms with Gasteiger partial charge in [0.25, 0.3) is 0 Å². The highest BCUT2D eigenvalue weighted by Crippen LogP contribution is 2.31. The van der Waals surface area contributed by atoms with E-state index in [2.05, 4.69) is 0 Å². The van der Waals surface area contributed by atoms with E-state index in [0.29, 0.717) is 21.2 Å². The van der Waals surface area contributed by atoms with Crippen LogP contribution in [0.2, 0.25) is 15.1 Å². The van der Waals surface area contributed by atoms with Crippen LogP contribution < -0.4 is 0 Å². The van der Waals surface area contributed by atoms with Crippen molar-refractivity contribution in [2.45, 2.75) is 12.3 Å². The molecule has 0 saturated heterocycles. The Labute approximate surface area is 136 Å². The molecule has 6 heteroatoms. The lowest BCUT2D eigenvalue weighted by molar-refractivity contribution is -0.138. The van der Waals surface area contributed by atoms with E-state index in [1.54, 1.807) is 18.2 Å². The Morgan fingerprint density at radius 1 is 1.05 bits per heavy atom. The number of benzene rings is 2. The molecule has 0 fully saturated rings. The van der Waals surface area contributed by atoms with Gasteiger partial charge in [-0.15, -0.1) is 0 Å². The standard InChI is InChI=1S/C15H11Cl3O3/c16-10-2-4-14(19)9(5-10)6-11(15(20)21)8-1-3-12(17)13(18)7-8/h1-5,7,11,19H,6H2,(H,20,21). The number of hydrogen-bond acceptors (Lipinski definition) is 2. The first-order valence-electron chi connectivity index (χ1n) is 6.03. The fourth-order valence-electron chi connectivity index (χ4n) is 2.01. The Hall–Kier alpha value is -1.42. The molecule has 0 aliphatic rings. The Morgan fingerprint density at radius 2 is 1.76 bits per heavy atom. The molecule has 110 valence electrons. The molecule has 0 aliphatic carbocycles. The van der Waals surface area contributed by atoms with Gasteiger partial charge in [-0.25, -0.2) is 0 Å². The van der Waals surface area contributed by atoms with Crippen molar-refractivity contribution in [1.82, 2.24) is 0 Å². The molecule has 2 rings (SSSR count). The topological polar surface area (TPSA) is 57.5 Å². The van der Waals surface area contributed by atoms with Gasteiger partial charge in [0.2, 0.25) is 0 Å². The molecule has 0 aromatic heterocycles. The third-order valence-electron chi connectivity index (χ3n) is 3.11. The summed E-state index contributed by atoms with van der Waals surface area (Å²) < 4.78 is 0. The van der Waals surface area contributed by atoms with E-state index in [4.69, 9.17) is 34.8 Å². The minimum Gasteiger partial charge on any atom is -0.508 e. The van der Waals surface area contributed by atoms with E-state index in [9.17, 15) is 15.0 Å². The van der Waals surface area contributed by atoms with Crippen LogP contribution in [0.3, 0.4) is 0 Å². The van der Waals surface area contributed by atoms with Crippen molar-refractivity contribution in [3.63, 3.8) is 0 Å². The Balaban J connectivity index is 2.37. The van der Waals surface area contributed by atoms with Crippen LogP contribution >= 0.6 is 34.8 Å². The number of halogens is 3. The molecule has 2 N–H and O–H groups in total. The van der Waals surface area contributed by atoms with Crippen LogP contribution in [0.4, 0.5) is 0 Å². The average Bonchev–Trinajstić information content (AvgIpc) is 2.42. The summed E-state index contributed by atoms with van der Waals surface area (Å²) in [5, 5.41) is 20.3. The lowest BCUT2D eigenvalue weighted by Crippen LogP contribution is -2.14. The molecule has 21 heavy (non-hydrogen) atoms. The van der Waals surface area contributed by atoms with Crippen molar-refractivity contribution in [3.8, 4) is 5.75 Å². The summed E-state index contributed by atoms with van der Waals surface area (Å²) in [7, 11) is 0. The second kappa shape index (κ2) is 6.56. The van der Waals surface area contributed by atoms with E-state index in [0.717, 1.165) is 0 Å². The Kier molecular flexibility index (Phi) is 4.99. The number of hydrogen-bond donors (Lipinski definition) is 2. The van der Waals surface area contributed by atoms with E-state index >= 15 is 0 Å². The summed E-state index contributed by atoms with van der Waals surface area (Å²) in [5.41, 5.74) is 0.970. The van der Waals surface area contributed by atoms with Crippen LogP contribution in [-0.4, -0.2) is 16.2 Å². The quantitative estimate of drug-likeness (QED) is 0.839. The van der Waals surface area contributed by atoms with Crippen LogP contribution in [0, 0.1) is 0 Å². The summed E-state index contributed by atoms with van der Waals surface area (Å²) in [5.74, 6) is -1.87. The minimum atomic E-state index is -1.02. The highest BCUT2D eigenvalue weighted by atomic mass is 35.5. The third-order valence-corrected chi connectivity index (χ3v) is 4.08. The maximum atomic E-state index is 11.5. The zero-order valence-corrected chi connectivity index (χ0v) is 13.0. The maximum Gasteiger partial charge on any atom is 0.311 e. The second-order valence-corrected chi connectivity index (χ2v) is 5.79. The number of carbonyl (C=O) groups is 1. The first-order chi connectivity index (χ1) is 9.88. The van der Waals surface area contributed by atoms with Crippen LogP contribution in [0.1, 0.15) is 17.0 Å². The lowest BCUT2D eigenvalue weighted by atomic mass is 9.91. The first kappa shape index (κ1) is 16.0. The molecular formula is C15H11Cl3O3. The Morgan fingerprint density at radius 3 is 2.38 bits per heavy atom. The fraction of sp³-hybridized carbons (Fsp3) is 0.133. The van der Waals surface area contributed by atoms with Gasteiger partial charge in [0.15, 0.2) is 0 Å². The van der Waals surface area contributed by atoms with E-state index < -0.39 is 11.9 Å². The number of rotatable bonds is 4. The summed E-state index contributed by atoms with van der Waals surface area (Å²) in [4.78, 5) is 11.5. The van der Waals surface area contributed by atoms with Crippen molar-refractivity contribution >= 4 is 40.8 Å². The summed E-state index contributed by atoms with van der Waals surface area (Å²) >= 11 is 17.6. The van der Waals surface area contributed by atoms with Gasteiger partial charge in [-0.05, 0) is 47.9 Å². The zero-order chi connectivity index (χ0) is 15.6. The first-order valence-corrected chi connectivity index (χ1v) is 7.17. The zero-order valence-electron chi connectivity index (χ0n) is 10.7. The molecule has 2 aromatic carbocycles. The Bertz CT molecular complexity index is 686. The summed E-state index contributed by atoms with van der Waals surface area (Å²) in [6.07, 6.45) is 0.0969. The number of phenolic OH excluding ortho intramolecular Hbond substituents is 1. The highest BCUT2D eigenvalue weighted by Gasteiger charge is 2.22. The second-order valence-electron chi connectivity index (χ2n) is 4.54. The van der Waals surface area contributed by atoms with Crippen LogP contribution in [0.5, 0.6) is 5.75 Å². The van der Waals surface area contributed by atoms with E-state index in [1.807, 2.05) is 0 Å². The molecule has 0 spiro atoms. The number of carboxylic acid groups (broad SMARTS) is 1. The molecule has 1 atom stereocenters. The van der Waals surface area contributed by atoms with Crippen LogP contribution in [-0.2, 0) is 11.2 Å². The number of phenols is 1. The van der Waals surface area contributed by atoms with Crippen molar-refractivity contribution < 1.29 is 15.0 Å². The largest absolute Gasteiger partial charge is 0.508 e. The molecule has 1 unspecified atom stereocenters. The number of aliphatic carboxylic acids is 1. The predicted molar refractivity (Wildman–Crippen MR) is 83.7 cm³/mol. The molecule has 0 bridgehead atoms. The SMILES string of the molecule is O=C(O)C(Cc1cc(Cl)ccc1O)c1ccc(Cl)c(Cl)c1. The summed E-state index contributed by atoms with van der Waals surface area (Å²) in [6, 6.07) is 9.19. The maximum absolute atomic E-state index is 11.5. The predicted octanol–water partition coefficient (Wildman–Crippen LogP) is 4.76. The molecule has 0 heterocycles.